The standard InChI is InChI=1S/C42H38N3O5P/c43-28-39(51(30-16-4-1-5-17-30,31-18-6-2-7-19-31)32-20-8-3-9-21-32)40(46)38(26-14-15-27-44-41(47)48)45-42(49)50-29-37-35-24-12-10-22-33(35)34-23-11-13-25-36(34)37/h1-13,16-25,37-38,44H,14-15,26-27,29H2,(H,45,49)(H,47,48). The summed E-state index contributed by atoms with van der Waals surface area (Å²) >= 11 is 0. The molecule has 0 saturated heterocycles. The van der Waals surface area contributed by atoms with E-state index >= 15 is 0 Å². The molecule has 9 heteroatoms. The molecule has 1 unspecified atom stereocenters. The van der Waals surface area contributed by atoms with E-state index in [0.717, 1.165) is 38.2 Å². The van der Waals surface area contributed by atoms with Gasteiger partial charge in [-0.25, -0.2) is 9.59 Å². The van der Waals surface area contributed by atoms with Crippen molar-refractivity contribution in [2.75, 3.05) is 13.2 Å². The third-order valence-electron chi connectivity index (χ3n) is 9.25. The van der Waals surface area contributed by atoms with E-state index in [-0.39, 0.29) is 30.8 Å². The zero-order valence-corrected chi connectivity index (χ0v) is 28.8. The molecule has 1 atom stereocenters. The molecule has 8 nitrogen and oxygen atoms in total. The number of alkyl carbamates (subject to hydrolysis) is 1. The number of ether oxygens (including phenoxy) is 1. The minimum atomic E-state index is -3.06. The van der Waals surface area contributed by atoms with Gasteiger partial charge in [-0.2, -0.15) is 5.26 Å². The average molecular weight is 696 g/mol. The number of nitrogens with one attached hydrogen (secondary N) is 2. The first-order chi connectivity index (χ1) is 24.9. The average Bonchev–Trinajstić information content (AvgIpc) is 3.49. The van der Waals surface area contributed by atoms with Crippen LogP contribution >= 0.6 is 6.89 Å². The van der Waals surface area contributed by atoms with Crippen LogP contribution in [0.25, 0.3) is 11.1 Å². The van der Waals surface area contributed by atoms with E-state index in [4.69, 9.17) is 9.84 Å². The van der Waals surface area contributed by atoms with Crippen LogP contribution in [0.15, 0.2) is 140 Å². The van der Waals surface area contributed by atoms with Crippen LogP contribution in [-0.2, 0) is 9.53 Å². The van der Waals surface area contributed by atoms with Crippen molar-refractivity contribution in [1.29, 1.82) is 5.26 Å². The fraction of sp³-hybridized carbons (Fsp3) is 0.167. The summed E-state index contributed by atoms with van der Waals surface area (Å²) in [4.78, 5) is 39.6. The lowest BCUT2D eigenvalue weighted by atomic mass is 9.98. The molecule has 5 aromatic rings. The number of benzene rings is 5. The van der Waals surface area contributed by atoms with E-state index < -0.39 is 30.9 Å². The summed E-state index contributed by atoms with van der Waals surface area (Å²) in [7, 11) is 0. The number of hydrogen-bond acceptors (Lipinski definition) is 5. The summed E-state index contributed by atoms with van der Waals surface area (Å²) < 4.78 is 5.86. The van der Waals surface area contributed by atoms with Crippen LogP contribution in [0.1, 0.15) is 36.3 Å². The second-order valence-corrected chi connectivity index (χ2v) is 15.6. The van der Waals surface area contributed by atoms with Gasteiger partial charge in [0, 0.05) is 12.5 Å². The zero-order valence-electron chi connectivity index (χ0n) is 27.9. The van der Waals surface area contributed by atoms with Gasteiger partial charge in [0.1, 0.15) is 18.0 Å². The predicted octanol–water partition coefficient (Wildman–Crippen LogP) is 6.59. The molecule has 2 amide bonds. The van der Waals surface area contributed by atoms with Gasteiger partial charge in [0.15, 0.2) is 5.78 Å². The topological polar surface area (TPSA) is 129 Å². The number of ketones is 1. The smallest absolute Gasteiger partial charge is 0.407 e. The number of nitrogens with zero attached hydrogens (tertiary/aromatic N) is 1. The van der Waals surface area contributed by atoms with Crippen LogP contribution in [-0.4, -0.2) is 47.6 Å². The van der Waals surface area contributed by atoms with E-state index in [2.05, 4.69) is 28.8 Å². The number of rotatable bonds is 13. The Morgan fingerprint density at radius 2 is 1.18 bits per heavy atom. The molecule has 0 bridgehead atoms. The molecule has 5 aromatic carbocycles. The van der Waals surface area contributed by atoms with Crippen molar-refractivity contribution < 1.29 is 24.2 Å². The number of Topliss-reactive ketones (excluding diaryl/α,β-unsaturated/α-hetero) is 1. The molecule has 0 aromatic heterocycles. The number of carboxylic acid groups (broad SMARTS) is 1. The van der Waals surface area contributed by atoms with E-state index in [1.807, 2.05) is 127 Å². The normalized spacial score (nSPS) is 12.5. The van der Waals surface area contributed by atoms with Crippen molar-refractivity contribution in [1.82, 2.24) is 10.6 Å². The van der Waals surface area contributed by atoms with Gasteiger partial charge in [-0.1, -0.05) is 140 Å². The van der Waals surface area contributed by atoms with Gasteiger partial charge in [0.05, 0.1) is 6.04 Å². The van der Waals surface area contributed by atoms with Gasteiger partial charge < -0.3 is 20.5 Å². The fourth-order valence-corrected chi connectivity index (χ4v) is 11.1. The second-order valence-electron chi connectivity index (χ2n) is 12.3. The molecule has 0 saturated carbocycles. The second kappa shape index (κ2) is 16.2. The van der Waals surface area contributed by atoms with Gasteiger partial charge in [-0.05, 0) is 64.3 Å². The Bertz CT molecular complexity index is 1960. The van der Waals surface area contributed by atoms with Crippen molar-refractivity contribution in [3.63, 3.8) is 0 Å². The lowest BCUT2D eigenvalue weighted by molar-refractivity contribution is -0.114. The quantitative estimate of drug-likeness (QED) is 0.0942. The van der Waals surface area contributed by atoms with Gasteiger partial charge in [0.2, 0.25) is 0 Å². The summed E-state index contributed by atoms with van der Waals surface area (Å²) in [5, 5.41) is 27.8. The van der Waals surface area contributed by atoms with E-state index in [1.54, 1.807) is 0 Å². The van der Waals surface area contributed by atoms with E-state index in [9.17, 15) is 19.6 Å². The lowest BCUT2D eigenvalue weighted by Gasteiger charge is -2.31. The lowest BCUT2D eigenvalue weighted by Crippen LogP contribution is -2.46. The van der Waals surface area contributed by atoms with Crippen molar-refractivity contribution in [3.8, 4) is 17.2 Å². The summed E-state index contributed by atoms with van der Waals surface area (Å²) in [6.07, 6.45) is -0.886. The highest BCUT2D eigenvalue weighted by Crippen LogP contribution is 2.47. The molecule has 6 rings (SSSR count). The number of carbonyl (C=O) groups is 3. The van der Waals surface area contributed by atoms with Crippen LogP contribution in [0, 0.1) is 11.3 Å². The third kappa shape index (κ3) is 7.35. The predicted molar refractivity (Wildman–Crippen MR) is 203 cm³/mol. The summed E-state index contributed by atoms with van der Waals surface area (Å²) in [6, 6.07) is 46.1. The molecule has 0 fully saturated rings. The first kappa shape index (κ1) is 34.9. The maximum Gasteiger partial charge on any atom is 0.407 e. The first-order valence-electron chi connectivity index (χ1n) is 16.9. The molecular formula is C42H38N3O5P. The minimum absolute atomic E-state index is 0.0544. The highest BCUT2D eigenvalue weighted by molar-refractivity contribution is 7.97. The Morgan fingerprint density at radius 1 is 0.706 bits per heavy atom. The number of hydrogen-bond donors (Lipinski definition) is 3. The molecule has 1 aliphatic rings. The Morgan fingerprint density at radius 3 is 1.65 bits per heavy atom. The molecule has 0 spiro atoms. The minimum Gasteiger partial charge on any atom is -0.465 e. The van der Waals surface area contributed by atoms with Gasteiger partial charge in [0.25, 0.3) is 0 Å². The molecule has 0 aliphatic heterocycles. The fourth-order valence-electron chi connectivity index (χ4n) is 6.97. The molecule has 0 heterocycles. The van der Waals surface area contributed by atoms with Crippen molar-refractivity contribution >= 4 is 46.1 Å². The summed E-state index contributed by atoms with van der Waals surface area (Å²) in [6.45, 7) is -2.81. The van der Waals surface area contributed by atoms with Crippen LogP contribution in [0.3, 0.4) is 0 Å². The Hall–Kier alpha value is -5.90. The Labute approximate surface area is 297 Å². The SMILES string of the molecule is N#CC(C(=O)C(CCCCNC(=O)O)NC(=O)OCC1c2ccccc2-c2ccccc21)=P(c1ccccc1)(c1ccccc1)c1ccccc1. The molecule has 1 aliphatic carbocycles. The Balaban J connectivity index is 1.38. The van der Waals surface area contributed by atoms with E-state index in [1.165, 1.54) is 0 Å². The van der Waals surface area contributed by atoms with Gasteiger partial charge in [-0.15, -0.1) is 0 Å². The van der Waals surface area contributed by atoms with Crippen molar-refractivity contribution in [2.24, 2.45) is 0 Å². The van der Waals surface area contributed by atoms with Gasteiger partial charge in [-0.3, -0.25) is 4.79 Å². The van der Waals surface area contributed by atoms with Crippen molar-refractivity contribution in [2.45, 2.75) is 31.2 Å². The Kier molecular flexibility index (Phi) is 11.1. The number of carbonyl (C=O) groups excluding carboxylic acids is 2. The third-order valence-corrected chi connectivity index (χ3v) is 13.5. The summed E-state index contributed by atoms with van der Waals surface area (Å²) in [5.74, 6) is -0.671. The number of unbranched alkanes of at least 4 members (excludes halogenated alkanes) is 1. The van der Waals surface area contributed by atoms with Crippen LogP contribution in [0.5, 0.6) is 0 Å². The van der Waals surface area contributed by atoms with Crippen LogP contribution < -0.4 is 26.5 Å². The summed E-state index contributed by atoms with van der Waals surface area (Å²) in [5.41, 5.74) is 4.32. The van der Waals surface area contributed by atoms with Crippen LogP contribution in [0.2, 0.25) is 0 Å². The van der Waals surface area contributed by atoms with E-state index in [0.29, 0.717) is 12.8 Å². The number of nitriles is 1. The van der Waals surface area contributed by atoms with Crippen LogP contribution in [0.4, 0.5) is 9.59 Å². The zero-order chi connectivity index (χ0) is 35.6. The number of amides is 2. The maximum atomic E-state index is 14.9. The molecular weight excluding hydrogens is 657 g/mol. The monoisotopic (exact) mass is 695 g/mol. The molecule has 0 radical (unpaired) electrons. The molecule has 51 heavy (non-hydrogen) atoms. The largest absolute Gasteiger partial charge is 0.465 e. The highest BCUT2D eigenvalue weighted by atomic mass is 31.2. The molecule has 3 N–H and O–H groups in total. The van der Waals surface area contributed by atoms with Crippen molar-refractivity contribution in [3.05, 3.63) is 151 Å². The van der Waals surface area contributed by atoms with Gasteiger partial charge >= 0.3 is 12.2 Å². The number of fused-ring (bicyclic) bond motifs is 3. The molecule has 256 valence electrons. The highest BCUT2D eigenvalue weighted by Gasteiger charge is 2.37. The first-order valence-corrected chi connectivity index (χ1v) is 18.7. The maximum absolute atomic E-state index is 14.9.